The van der Waals surface area contributed by atoms with Crippen LogP contribution in [0.25, 0.3) is 0 Å². The normalized spacial score (nSPS) is 27.9. The van der Waals surface area contributed by atoms with E-state index in [9.17, 15) is 0 Å². The topological polar surface area (TPSA) is 42.7 Å². The predicted octanol–water partition coefficient (Wildman–Crippen LogP) is 1.15. The van der Waals surface area contributed by atoms with E-state index in [2.05, 4.69) is 29.5 Å². The zero-order valence-electron chi connectivity index (χ0n) is 8.90. The molecule has 2 unspecified atom stereocenters. The van der Waals surface area contributed by atoms with Crippen molar-refractivity contribution in [3.63, 3.8) is 0 Å². The molecule has 4 heteroatoms. The number of nitrogens with one attached hydrogen (secondary N) is 1. The van der Waals surface area contributed by atoms with Crippen LogP contribution < -0.4 is 5.32 Å². The Hall–Kier alpha value is -0.900. The fourth-order valence-corrected chi connectivity index (χ4v) is 2.08. The second-order valence-electron chi connectivity index (χ2n) is 4.06. The number of hydrogen-bond acceptors (Lipinski definition) is 3. The molecule has 2 rings (SSSR count). The molecule has 14 heavy (non-hydrogen) atoms. The van der Waals surface area contributed by atoms with Gasteiger partial charge in [0.05, 0.1) is 11.9 Å². The maximum Gasteiger partial charge on any atom is 0.0728 e. The van der Waals surface area contributed by atoms with E-state index in [0.717, 1.165) is 13.1 Å². The highest BCUT2D eigenvalue weighted by molar-refractivity contribution is 5.06. The van der Waals surface area contributed by atoms with Crippen LogP contribution in [0.1, 0.15) is 38.3 Å². The van der Waals surface area contributed by atoms with Crippen molar-refractivity contribution in [1.82, 2.24) is 20.3 Å². The summed E-state index contributed by atoms with van der Waals surface area (Å²) >= 11 is 0. The predicted molar refractivity (Wildman–Crippen MR) is 55.1 cm³/mol. The molecular weight excluding hydrogens is 176 g/mol. The van der Waals surface area contributed by atoms with Crippen LogP contribution in [0, 0.1) is 0 Å². The summed E-state index contributed by atoms with van der Waals surface area (Å²) in [6.45, 7) is 6.33. The Morgan fingerprint density at radius 2 is 2.43 bits per heavy atom. The molecule has 1 fully saturated rings. The maximum atomic E-state index is 4.07. The standard InChI is InChI=1S/C10H18N4/c1-3-14-10(7-12-13-14)9-5-4-8(2)11-6-9/h7-9,11H,3-6H2,1-2H3. The molecule has 1 aromatic rings. The van der Waals surface area contributed by atoms with E-state index in [1.54, 1.807) is 0 Å². The average molecular weight is 194 g/mol. The highest BCUT2D eigenvalue weighted by Crippen LogP contribution is 2.24. The summed E-state index contributed by atoms with van der Waals surface area (Å²) in [5.74, 6) is 0.598. The molecule has 1 aliphatic heterocycles. The fraction of sp³-hybridized carbons (Fsp3) is 0.800. The smallest absolute Gasteiger partial charge is 0.0728 e. The number of nitrogens with zero attached hydrogens (tertiary/aromatic N) is 3. The Labute approximate surface area is 84.7 Å². The van der Waals surface area contributed by atoms with E-state index < -0.39 is 0 Å². The first-order chi connectivity index (χ1) is 6.81. The molecule has 1 aliphatic rings. The van der Waals surface area contributed by atoms with Gasteiger partial charge >= 0.3 is 0 Å². The summed E-state index contributed by atoms with van der Waals surface area (Å²) in [7, 11) is 0. The molecule has 4 nitrogen and oxygen atoms in total. The number of rotatable bonds is 2. The largest absolute Gasteiger partial charge is 0.314 e. The van der Waals surface area contributed by atoms with Crippen molar-refractivity contribution in [3.05, 3.63) is 11.9 Å². The molecule has 78 valence electrons. The van der Waals surface area contributed by atoms with E-state index in [1.807, 2.05) is 10.9 Å². The van der Waals surface area contributed by atoms with Gasteiger partial charge in [0.2, 0.25) is 0 Å². The summed E-state index contributed by atoms with van der Waals surface area (Å²) < 4.78 is 2.00. The molecule has 0 saturated carbocycles. The number of hydrogen-bond donors (Lipinski definition) is 1. The minimum absolute atomic E-state index is 0.598. The van der Waals surface area contributed by atoms with Crippen molar-refractivity contribution in [3.8, 4) is 0 Å². The van der Waals surface area contributed by atoms with Gasteiger partial charge in [-0.1, -0.05) is 5.21 Å². The van der Waals surface area contributed by atoms with Crippen LogP contribution in [0.2, 0.25) is 0 Å². The van der Waals surface area contributed by atoms with Gasteiger partial charge in [-0.25, -0.2) is 4.68 Å². The van der Waals surface area contributed by atoms with Crippen LogP contribution in [-0.4, -0.2) is 27.6 Å². The monoisotopic (exact) mass is 194 g/mol. The lowest BCUT2D eigenvalue weighted by Gasteiger charge is -2.27. The molecule has 0 bridgehead atoms. The summed E-state index contributed by atoms with van der Waals surface area (Å²) in [5.41, 5.74) is 1.28. The Bertz CT molecular complexity index is 286. The van der Waals surface area contributed by atoms with Crippen molar-refractivity contribution in [2.75, 3.05) is 6.54 Å². The Morgan fingerprint density at radius 3 is 3.07 bits per heavy atom. The molecule has 2 atom stereocenters. The molecule has 0 radical (unpaired) electrons. The first-order valence-corrected chi connectivity index (χ1v) is 5.43. The zero-order valence-corrected chi connectivity index (χ0v) is 8.90. The van der Waals surface area contributed by atoms with Crippen LogP contribution in [0.4, 0.5) is 0 Å². The average Bonchev–Trinajstić information content (AvgIpc) is 2.67. The highest BCUT2D eigenvalue weighted by atomic mass is 15.4. The number of piperidine rings is 1. The maximum absolute atomic E-state index is 4.07. The van der Waals surface area contributed by atoms with Gasteiger partial charge in [0.25, 0.3) is 0 Å². The van der Waals surface area contributed by atoms with Crippen LogP contribution in [-0.2, 0) is 6.54 Å². The second-order valence-corrected chi connectivity index (χ2v) is 4.06. The number of aryl methyl sites for hydroxylation is 1. The van der Waals surface area contributed by atoms with Gasteiger partial charge in [-0.2, -0.15) is 0 Å². The molecule has 0 aliphatic carbocycles. The number of aromatic nitrogens is 3. The lowest BCUT2D eigenvalue weighted by atomic mass is 9.93. The second kappa shape index (κ2) is 4.09. The third kappa shape index (κ3) is 1.80. The SMILES string of the molecule is CCn1nncc1C1CCC(C)NC1. The molecule has 0 spiro atoms. The highest BCUT2D eigenvalue weighted by Gasteiger charge is 2.21. The summed E-state index contributed by atoms with van der Waals surface area (Å²) in [6, 6.07) is 0.664. The van der Waals surface area contributed by atoms with Crippen LogP contribution in [0.15, 0.2) is 6.20 Å². The summed E-state index contributed by atoms with van der Waals surface area (Å²) in [6.07, 6.45) is 4.41. The van der Waals surface area contributed by atoms with Crippen LogP contribution in [0.3, 0.4) is 0 Å². The third-order valence-electron chi connectivity index (χ3n) is 3.03. The molecule has 2 heterocycles. The Morgan fingerprint density at radius 1 is 1.57 bits per heavy atom. The van der Waals surface area contributed by atoms with Gasteiger partial charge in [0, 0.05) is 25.0 Å². The lowest BCUT2D eigenvalue weighted by molar-refractivity contribution is 0.370. The molecule has 0 amide bonds. The summed E-state index contributed by atoms with van der Waals surface area (Å²) in [5, 5.41) is 11.5. The van der Waals surface area contributed by atoms with E-state index in [-0.39, 0.29) is 0 Å². The van der Waals surface area contributed by atoms with Gasteiger partial charge in [-0.15, -0.1) is 5.10 Å². The van der Waals surface area contributed by atoms with Crippen molar-refractivity contribution in [2.45, 2.75) is 45.2 Å². The minimum atomic E-state index is 0.598. The van der Waals surface area contributed by atoms with Gasteiger partial charge in [-0.3, -0.25) is 0 Å². The quantitative estimate of drug-likeness (QED) is 0.768. The molecular formula is C10H18N4. The molecule has 0 aromatic carbocycles. The molecule has 1 N–H and O–H groups in total. The Kier molecular flexibility index (Phi) is 2.82. The minimum Gasteiger partial charge on any atom is -0.314 e. The van der Waals surface area contributed by atoms with Gasteiger partial charge in [0.15, 0.2) is 0 Å². The lowest BCUT2D eigenvalue weighted by Crippen LogP contribution is -2.36. The van der Waals surface area contributed by atoms with E-state index in [0.29, 0.717) is 12.0 Å². The fourth-order valence-electron chi connectivity index (χ4n) is 2.08. The van der Waals surface area contributed by atoms with Gasteiger partial charge < -0.3 is 5.32 Å². The Balaban J connectivity index is 2.08. The van der Waals surface area contributed by atoms with E-state index >= 15 is 0 Å². The molecule has 1 aromatic heterocycles. The van der Waals surface area contributed by atoms with E-state index in [4.69, 9.17) is 0 Å². The van der Waals surface area contributed by atoms with Crippen molar-refractivity contribution >= 4 is 0 Å². The summed E-state index contributed by atoms with van der Waals surface area (Å²) in [4.78, 5) is 0. The first kappa shape index (κ1) is 9.65. The van der Waals surface area contributed by atoms with Gasteiger partial charge in [0.1, 0.15) is 0 Å². The van der Waals surface area contributed by atoms with Crippen LogP contribution in [0.5, 0.6) is 0 Å². The molecule has 1 saturated heterocycles. The van der Waals surface area contributed by atoms with Crippen LogP contribution >= 0.6 is 0 Å². The van der Waals surface area contributed by atoms with Crippen molar-refractivity contribution in [2.24, 2.45) is 0 Å². The first-order valence-electron chi connectivity index (χ1n) is 5.43. The van der Waals surface area contributed by atoms with Crippen molar-refractivity contribution < 1.29 is 0 Å². The third-order valence-corrected chi connectivity index (χ3v) is 3.03. The van der Waals surface area contributed by atoms with E-state index in [1.165, 1.54) is 18.5 Å². The van der Waals surface area contributed by atoms with Crippen molar-refractivity contribution in [1.29, 1.82) is 0 Å². The zero-order chi connectivity index (χ0) is 9.97. The van der Waals surface area contributed by atoms with Gasteiger partial charge in [-0.05, 0) is 26.7 Å².